The lowest BCUT2D eigenvalue weighted by atomic mass is 9.96. The first kappa shape index (κ1) is 10.9. The third-order valence-corrected chi connectivity index (χ3v) is 1.90. The van der Waals surface area contributed by atoms with Gasteiger partial charge in [0.05, 0.1) is 17.2 Å². The maximum atomic E-state index is 10.7. The van der Waals surface area contributed by atoms with Crippen LogP contribution in [0.5, 0.6) is 0 Å². The van der Waals surface area contributed by atoms with Gasteiger partial charge in [-0.1, -0.05) is 0 Å². The average Bonchev–Trinajstić information content (AvgIpc) is 2.18. The number of aliphatic carboxylic acids is 2. The molecule has 0 aromatic carbocycles. The van der Waals surface area contributed by atoms with Crippen LogP contribution in [0.15, 0.2) is 22.3 Å². The number of carboxylic acids is 2. The van der Waals surface area contributed by atoms with E-state index in [2.05, 4.69) is 4.99 Å². The predicted molar refractivity (Wildman–Crippen MR) is 49.2 cm³/mol. The van der Waals surface area contributed by atoms with E-state index in [1.54, 1.807) is 0 Å². The monoisotopic (exact) mass is 209 g/mol. The highest BCUT2D eigenvalue weighted by Gasteiger charge is 2.26. The highest BCUT2D eigenvalue weighted by molar-refractivity contribution is 5.96. The maximum Gasteiger partial charge on any atom is 0.333 e. The molecule has 0 saturated heterocycles. The number of carboxylic acid groups (broad SMARTS) is 2. The number of rotatable bonds is 3. The number of hydrogen-bond donors (Lipinski definition) is 2. The molecule has 78 valence electrons. The fraction of sp³-hybridized carbons (Fsp3) is 0.222. The first-order valence-corrected chi connectivity index (χ1v) is 4.00. The van der Waals surface area contributed by atoms with Crippen molar-refractivity contribution in [3.63, 3.8) is 0 Å². The van der Waals surface area contributed by atoms with Gasteiger partial charge in [-0.3, -0.25) is 9.79 Å². The van der Waals surface area contributed by atoms with Crippen LogP contribution in [-0.2, 0) is 14.4 Å². The zero-order chi connectivity index (χ0) is 11.4. The quantitative estimate of drug-likeness (QED) is 0.631. The number of aliphatic imine (C=N–C) groups is 1. The third-order valence-electron chi connectivity index (χ3n) is 1.90. The van der Waals surface area contributed by atoms with Gasteiger partial charge in [0.15, 0.2) is 0 Å². The smallest absolute Gasteiger partial charge is 0.333 e. The molecule has 0 aromatic rings. The summed E-state index contributed by atoms with van der Waals surface area (Å²) >= 11 is 0. The lowest BCUT2D eigenvalue weighted by Gasteiger charge is -2.13. The van der Waals surface area contributed by atoms with Crippen LogP contribution in [0.3, 0.4) is 0 Å². The number of carbonyl (C=O) groups excluding carboxylic acids is 1. The Hall–Kier alpha value is -2.20. The van der Waals surface area contributed by atoms with Gasteiger partial charge in [0, 0.05) is 12.3 Å². The van der Waals surface area contributed by atoms with Crippen molar-refractivity contribution in [2.45, 2.75) is 6.42 Å². The average molecular weight is 209 g/mol. The van der Waals surface area contributed by atoms with Gasteiger partial charge < -0.3 is 10.2 Å². The number of hydrogen-bond acceptors (Lipinski definition) is 4. The van der Waals surface area contributed by atoms with Gasteiger partial charge in [0.2, 0.25) is 0 Å². The minimum atomic E-state index is -1.28. The van der Waals surface area contributed by atoms with Gasteiger partial charge in [-0.15, -0.1) is 0 Å². The van der Waals surface area contributed by atoms with Gasteiger partial charge in [-0.2, -0.15) is 0 Å². The van der Waals surface area contributed by atoms with Crippen molar-refractivity contribution in [2.75, 3.05) is 0 Å². The van der Waals surface area contributed by atoms with E-state index in [9.17, 15) is 14.4 Å². The van der Waals surface area contributed by atoms with E-state index >= 15 is 0 Å². The standard InChI is InChI=1S/C9H7NO5/c11-2-1-7-6(9(14)15)3-5(4-10-7)8(12)13/h1,4-5H,3H2,(H,12,13)(H,14,15). The van der Waals surface area contributed by atoms with Crippen molar-refractivity contribution in [1.82, 2.24) is 0 Å². The molecular formula is C9H7NO5. The molecule has 1 unspecified atom stereocenters. The van der Waals surface area contributed by atoms with Crippen LogP contribution in [0.4, 0.5) is 0 Å². The van der Waals surface area contributed by atoms with Crippen molar-refractivity contribution in [1.29, 1.82) is 0 Å². The summed E-state index contributed by atoms with van der Waals surface area (Å²) in [6.45, 7) is 0. The van der Waals surface area contributed by atoms with E-state index < -0.39 is 17.9 Å². The molecule has 0 fully saturated rings. The minimum absolute atomic E-state index is 0.0463. The van der Waals surface area contributed by atoms with Gasteiger partial charge in [-0.25, -0.2) is 9.59 Å². The number of carbonyl (C=O) groups is 2. The molecule has 0 radical (unpaired) electrons. The zero-order valence-electron chi connectivity index (χ0n) is 7.51. The second-order valence-corrected chi connectivity index (χ2v) is 2.86. The van der Waals surface area contributed by atoms with E-state index in [4.69, 9.17) is 10.2 Å². The largest absolute Gasteiger partial charge is 0.481 e. The van der Waals surface area contributed by atoms with E-state index in [1.807, 2.05) is 0 Å². The Bertz CT molecular complexity index is 414. The highest BCUT2D eigenvalue weighted by atomic mass is 16.4. The Kier molecular flexibility index (Phi) is 3.15. The molecule has 0 aromatic heterocycles. The van der Waals surface area contributed by atoms with Gasteiger partial charge in [-0.05, 0) is 6.42 Å². The summed E-state index contributed by atoms with van der Waals surface area (Å²) in [5, 5.41) is 17.4. The molecule has 0 aliphatic carbocycles. The zero-order valence-corrected chi connectivity index (χ0v) is 7.51. The molecule has 6 nitrogen and oxygen atoms in total. The molecule has 1 heterocycles. The normalized spacial score (nSPS) is 19.6. The second kappa shape index (κ2) is 4.34. The Morgan fingerprint density at radius 2 is 2.20 bits per heavy atom. The van der Waals surface area contributed by atoms with Crippen molar-refractivity contribution in [3.05, 3.63) is 17.3 Å². The first-order valence-electron chi connectivity index (χ1n) is 4.00. The van der Waals surface area contributed by atoms with Crippen LogP contribution in [-0.4, -0.2) is 34.3 Å². The van der Waals surface area contributed by atoms with Crippen molar-refractivity contribution < 1.29 is 24.6 Å². The number of nitrogens with zero attached hydrogens (tertiary/aromatic N) is 1. The molecule has 0 spiro atoms. The molecule has 6 heteroatoms. The summed E-state index contributed by atoms with van der Waals surface area (Å²) in [4.78, 5) is 35.0. The molecule has 2 N–H and O–H groups in total. The van der Waals surface area contributed by atoms with E-state index in [0.29, 0.717) is 0 Å². The lowest BCUT2D eigenvalue weighted by Crippen LogP contribution is -2.22. The van der Waals surface area contributed by atoms with Crippen molar-refractivity contribution in [3.8, 4) is 0 Å². The Morgan fingerprint density at radius 1 is 1.53 bits per heavy atom. The van der Waals surface area contributed by atoms with Crippen LogP contribution < -0.4 is 0 Å². The SMILES string of the molecule is O=C=CC1=C(C(=O)O)CC(C(=O)O)C=N1. The van der Waals surface area contributed by atoms with Crippen LogP contribution in [0, 0.1) is 5.92 Å². The van der Waals surface area contributed by atoms with Crippen LogP contribution in [0.25, 0.3) is 0 Å². The molecule has 1 rings (SSSR count). The Labute approximate surface area is 84.2 Å². The molecule has 1 aliphatic rings. The maximum absolute atomic E-state index is 10.7. The summed E-state index contributed by atoms with van der Waals surface area (Å²) in [6, 6.07) is 0. The fourth-order valence-corrected chi connectivity index (χ4v) is 1.15. The predicted octanol–water partition coefficient (Wildman–Crippen LogP) is -0.112. The van der Waals surface area contributed by atoms with E-state index in [1.165, 1.54) is 5.94 Å². The van der Waals surface area contributed by atoms with Crippen LogP contribution in [0.2, 0.25) is 0 Å². The highest BCUT2D eigenvalue weighted by Crippen LogP contribution is 2.21. The van der Waals surface area contributed by atoms with Gasteiger partial charge in [0.1, 0.15) is 5.94 Å². The van der Waals surface area contributed by atoms with Crippen molar-refractivity contribution >= 4 is 24.1 Å². The third kappa shape index (κ3) is 2.38. The summed E-state index contributed by atoms with van der Waals surface area (Å²) in [5.74, 6) is -1.97. The van der Waals surface area contributed by atoms with Crippen LogP contribution >= 0.6 is 0 Å². The molecule has 1 aliphatic heterocycles. The molecular weight excluding hydrogens is 202 g/mol. The van der Waals surface area contributed by atoms with Gasteiger partial charge in [0.25, 0.3) is 0 Å². The minimum Gasteiger partial charge on any atom is -0.481 e. The summed E-state index contributed by atoms with van der Waals surface area (Å²) in [5.41, 5.74) is -0.233. The second-order valence-electron chi connectivity index (χ2n) is 2.86. The topological polar surface area (TPSA) is 104 Å². The summed E-state index contributed by atoms with van der Waals surface area (Å²) in [6.07, 6.45) is 1.80. The molecule has 1 atom stereocenters. The molecule has 0 bridgehead atoms. The molecule has 15 heavy (non-hydrogen) atoms. The summed E-state index contributed by atoms with van der Waals surface area (Å²) < 4.78 is 0. The van der Waals surface area contributed by atoms with Crippen molar-refractivity contribution in [2.24, 2.45) is 10.9 Å². The Balaban J connectivity index is 3.08. The summed E-state index contributed by atoms with van der Waals surface area (Å²) in [7, 11) is 0. The lowest BCUT2D eigenvalue weighted by molar-refractivity contribution is -0.139. The van der Waals surface area contributed by atoms with E-state index in [0.717, 1.165) is 12.3 Å². The van der Waals surface area contributed by atoms with Crippen LogP contribution in [0.1, 0.15) is 6.42 Å². The molecule has 0 saturated carbocycles. The Morgan fingerprint density at radius 3 is 2.67 bits per heavy atom. The first-order chi connectivity index (χ1) is 7.06. The molecule has 0 amide bonds. The fourth-order valence-electron chi connectivity index (χ4n) is 1.15. The van der Waals surface area contributed by atoms with Gasteiger partial charge >= 0.3 is 11.9 Å². The van der Waals surface area contributed by atoms with E-state index in [-0.39, 0.29) is 17.7 Å². The number of allylic oxidation sites excluding steroid dienone is 1.